The fourth-order valence-electron chi connectivity index (χ4n) is 2.40. The monoisotopic (exact) mass is 372 g/mol. The number of primary amides is 1. The molecule has 2 amide bonds. The molecule has 7 heteroatoms. The third kappa shape index (κ3) is 5.72. The summed E-state index contributed by atoms with van der Waals surface area (Å²) in [5, 5.41) is 0. The van der Waals surface area contributed by atoms with E-state index in [1.807, 2.05) is 6.92 Å². The van der Waals surface area contributed by atoms with Crippen LogP contribution in [0.25, 0.3) is 0 Å². The van der Waals surface area contributed by atoms with Crippen LogP contribution in [0.1, 0.15) is 27.6 Å². The van der Waals surface area contributed by atoms with Gasteiger partial charge >= 0.3 is 0 Å². The van der Waals surface area contributed by atoms with E-state index in [1.54, 1.807) is 57.6 Å². The molecule has 0 saturated heterocycles. The van der Waals surface area contributed by atoms with E-state index >= 15 is 0 Å². The van der Waals surface area contributed by atoms with E-state index in [9.17, 15) is 9.59 Å². The van der Waals surface area contributed by atoms with Crippen LogP contribution in [0.15, 0.2) is 42.5 Å². The Hall–Kier alpha value is -3.06. The van der Waals surface area contributed by atoms with Crippen LogP contribution in [-0.4, -0.2) is 50.6 Å². The van der Waals surface area contributed by atoms with Crippen molar-refractivity contribution in [2.24, 2.45) is 5.73 Å². The highest BCUT2D eigenvalue weighted by Crippen LogP contribution is 2.28. The number of carbonyl (C=O) groups excluding carboxylic acids is 2. The van der Waals surface area contributed by atoms with E-state index < -0.39 is 5.91 Å². The van der Waals surface area contributed by atoms with Crippen molar-refractivity contribution in [3.8, 4) is 17.2 Å². The number of benzene rings is 2. The first kappa shape index (κ1) is 20.3. The summed E-state index contributed by atoms with van der Waals surface area (Å²) in [4.78, 5) is 25.0. The number of ether oxygens (including phenoxy) is 3. The van der Waals surface area contributed by atoms with Gasteiger partial charge in [0.25, 0.3) is 5.91 Å². The Bertz CT molecular complexity index is 803. The molecule has 0 radical (unpaired) electrons. The number of amides is 2. The third-order valence-corrected chi connectivity index (χ3v) is 3.65. The Morgan fingerprint density at radius 1 is 1.00 bits per heavy atom. The fourth-order valence-corrected chi connectivity index (χ4v) is 2.40. The Morgan fingerprint density at radius 2 is 1.63 bits per heavy atom. The normalized spacial score (nSPS) is 11.6. The minimum atomic E-state index is -0.586. The van der Waals surface area contributed by atoms with Crippen LogP contribution in [-0.2, 0) is 4.74 Å². The molecule has 0 aliphatic carbocycles. The van der Waals surface area contributed by atoms with Crippen LogP contribution in [0.5, 0.6) is 17.2 Å². The molecule has 0 spiro atoms. The van der Waals surface area contributed by atoms with Crippen LogP contribution in [0.3, 0.4) is 0 Å². The van der Waals surface area contributed by atoms with Crippen molar-refractivity contribution in [1.29, 1.82) is 0 Å². The summed E-state index contributed by atoms with van der Waals surface area (Å²) < 4.78 is 16.6. The van der Waals surface area contributed by atoms with E-state index in [1.165, 1.54) is 11.0 Å². The van der Waals surface area contributed by atoms with Gasteiger partial charge in [0.1, 0.15) is 23.4 Å². The highest BCUT2D eigenvalue weighted by molar-refractivity contribution is 5.94. The van der Waals surface area contributed by atoms with Crippen molar-refractivity contribution in [1.82, 2.24) is 4.90 Å². The number of rotatable bonds is 8. The molecule has 0 saturated carbocycles. The number of nitrogens with zero attached hydrogens (tertiary/aromatic N) is 1. The lowest BCUT2D eigenvalue weighted by Gasteiger charge is -2.16. The van der Waals surface area contributed by atoms with Gasteiger partial charge in [-0.2, -0.15) is 0 Å². The quantitative estimate of drug-likeness (QED) is 0.769. The number of hydrogen-bond acceptors (Lipinski definition) is 5. The zero-order valence-electron chi connectivity index (χ0n) is 15.9. The first-order chi connectivity index (χ1) is 12.8. The number of nitrogens with two attached hydrogens (primary N) is 1. The van der Waals surface area contributed by atoms with Gasteiger partial charge in [0, 0.05) is 38.4 Å². The molecule has 0 bridgehead atoms. The zero-order chi connectivity index (χ0) is 20.0. The van der Waals surface area contributed by atoms with Crippen LogP contribution in [0.2, 0.25) is 0 Å². The van der Waals surface area contributed by atoms with Crippen LogP contribution in [0, 0.1) is 0 Å². The van der Waals surface area contributed by atoms with Crippen molar-refractivity contribution in [2.75, 3.05) is 27.8 Å². The minimum absolute atomic E-state index is 0.0971. The topological polar surface area (TPSA) is 91.1 Å². The van der Waals surface area contributed by atoms with Crippen molar-refractivity contribution in [2.45, 2.75) is 13.0 Å². The Morgan fingerprint density at radius 3 is 2.19 bits per heavy atom. The van der Waals surface area contributed by atoms with Gasteiger partial charge in [0.15, 0.2) is 0 Å². The van der Waals surface area contributed by atoms with E-state index in [0.29, 0.717) is 29.4 Å². The molecule has 27 heavy (non-hydrogen) atoms. The molecule has 0 fully saturated rings. The molecule has 144 valence electrons. The highest BCUT2D eigenvalue weighted by atomic mass is 16.5. The summed E-state index contributed by atoms with van der Waals surface area (Å²) in [5.74, 6) is 0.683. The standard InChI is InChI=1S/C20H24N2O5/c1-13(12-25-4)26-17-9-15(19(21)23)10-18(11-17)27-16-7-5-14(6-8-16)20(24)22(2)3/h5-11,13H,12H2,1-4H3,(H2,21,23). The summed E-state index contributed by atoms with van der Waals surface area (Å²) in [6, 6.07) is 11.5. The first-order valence-corrected chi connectivity index (χ1v) is 8.40. The maximum Gasteiger partial charge on any atom is 0.253 e. The van der Waals surface area contributed by atoms with Gasteiger partial charge in [-0.25, -0.2) is 0 Å². The van der Waals surface area contributed by atoms with Gasteiger partial charge in [-0.1, -0.05) is 0 Å². The minimum Gasteiger partial charge on any atom is -0.488 e. The van der Waals surface area contributed by atoms with Gasteiger partial charge in [0.2, 0.25) is 5.91 Å². The van der Waals surface area contributed by atoms with Gasteiger partial charge in [-0.15, -0.1) is 0 Å². The molecule has 2 N–H and O–H groups in total. The lowest BCUT2D eigenvalue weighted by Crippen LogP contribution is -2.21. The van der Waals surface area contributed by atoms with E-state index in [-0.39, 0.29) is 17.6 Å². The molecule has 2 rings (SSSR count). The van der Waals surface area contributed by atoms with Crippen molar-refractivity contribution < 1.29 is 23.8 Å². The Balaban J connectivity index is 2.22. The molecule has 7 nitrogen and oxygen atoms in total. The van der Waals surface area contributed by atoms with Gasteiger partial charge < -0.3 is 24.8 Å². The average Bonchev–Trinajstić information content (AvgIpc) is 2.61. The molecule has 0 aliphatic rings. The first-order valence-electron chi connectivity index (χ1n) is 8.40. The number of carbonyl (C=O) groups is 2. The average molecular weight is 372 g/mol. The van der Waals surface area contributed by atoms with E-state index in [0.717, 1.165) is 0 Å². The molecule has 1 unspecified atom stereocenters. The second-order valence-corrected chi connectivity index (χ2v) is 6.27. The maximum atomic E-state index is 11.9. The summed E-state index contributed by atoms with van der Waals surface area (Å²) in [6.07, 6.45) is -0.206. The second-order valence-electron chi connectivity index (χ2n) is 6.27. The summed E-state index contributed by atoms with van der Waals surface area (Å²) in [5.41, 5.74) is 6.22. The van der Waals surface area contributed by atoms with Crippen LogP contribution in [0.4, 0.5) is 0 Å². The summed E-state index contributed by atoms with van der Waals surface area (Å²) in [6.45, 7) is 2.25. The molecule has 2 aromatic carbocycles. The predicted molar refractivity (Wildman–Crippen MR) is 101 cm³/mol. The summed E-state index contributed by atoms with van der Waals surface area (Å²) in [7, 11) is 4.96. The molecule has 0 heterocycles. The maximum absolute atomic E-state index is 11.9. The fraction of sp³-hybridized carbons (Fsp3) is 0.300. The SMILES string of the molecule is COCC(C)Oc1cc(Oc2ccc(C(=O)N(C)C)cc2)cc(C(N)=O)c1. The molecular formula is C20H24N2O5. The molecule has 0 aliphatic heterocycles. The zero-order valence-corrected chi connectivity index (χ0v) is 15.9. The lowest BCUT2D eigenvalue weighted by atomic mass is 10.2. The van der Waals surface area contributed by atoms with Crippen LogP contribution < -0.4 is 15.2 Å². The largest absolute Gasteiger partial charge is 0.488 e. The van der Waals surface area contributed by atoms with Crippen molar-refractivity contribution in [3.05, 3.63) is 53.6 Å². The third-order valence-electron chi connectivity index (χ3n) is 3.65. The van der Waals surface area contributed by atoms with Crippen molar-refractivity contribution in [3.63, 3.8) is 0 Å². The van der Waals surface area contributed by atoms with E-state index in [2.05, 4.69) is 0 Å². The molecule has 2 aromatic rings. The second kappa shape index (κ2) is 9.05. The Labute approximate surface area is 158 Å². The van der Waals surface area contributed by atoms with Gasteiger partial charge in [0.05, 0.1) is 6.61 Å². The highest BCUT2D eigenvalue weighted by Gasteiger charge is 2.12. The number of hydrogen-bond donors (Lipinski definition) is 1. The molecular weight excluding hydrogens is 348 g/mol. The Kier molecular flexibility index (Phi) is 6.79. The molecule has 0 aromatic heterocycles. The summed E-state index contributed by atoms with van der Waals surface area (Å²) >= 11 is 0. The van der Waals surface area contributed by atoms with Crippen molar-refractivity contribution >= 4 is 11.8 Å². The van der Waals surface area contributed by atoms with Gasteiger partial charge in [-0.3, -0.25) is 9.59 Å². The molecule has 1 atom stereocenters. The number of methoxy groups -OCH3 is 1. The van der Waals surface area contributed by atoms with Crippen LogP contribution >= 0.6 is 0 Å². The lowest BCUT2D eigenvalue weighted by molar-refractivity contribution is 0.0827. The van der Waals surface area contributed by atoms with E-state index in [4.69, 9.17) is 19.9 Å². The van der Waals surface area contributed by atoms with Gasteiger partial charge in [-0.05, 0) is 43.3 Å². The smallest absolute Gasteiger partial charge is 0.253 e. The predicted octanol–water partition coefficient (Wildman–Crippen LogP) is 2.69.